The van der Waals surface area contributed by atoms with E-state index in [0.717, 1.165) is 38.9 Å². The molecule has 0 amide bonds. The van der Waals surface area contributed by atoms with Gasteiger partial charge < -0.3 is 14.8 Å². The number of ether oxygens (including phenoxy) is 2. The summed E-state index contributed by atoms with van der Waals surface area (Å²) in [4.78, 5) is 2.46. The van der Waals surface area contributed by atoms with Gasteiger partial charge in [0.1, 0.15) is 0 Å². The third-order valence-electron chi connectivity index (χ3n) is 4.30. The Morgan fingerprint density at radius 2 is 1.75 bits per heavy atom. The van der Waals surface area contributed by atoms with Crippen LogP contribution in [0.5, 0.6) is 0 Å². The van der Waals surface area contributed by atoms with Crippen LogP contribution in [0.4, 0.5) is 0 Å². The number of nitrogens with one attached hydrogen (secondary N) is 1. The van der Waals surface area contributed by atoms with E-state index in [2.05, 4.69) is 17.1 Å². The molecule has 120 valence electrons. The molecule has 1 aliphatic carbocycles. The second kappa shape index (κ2) is 11.5. The highest BCUT2D eigenvalue weighted by atomic mass is 16.5. The quantitative estimate of drug-likeness (QED) is 0.625. The van der Waals surface area contributed by atoms with Crippen LogP contribution in [0, 0.1) is 0 Å². The molecule has 0 radical (unpaired) electrons. The van der Waals surface area contributed by atoms with Crippen molar-refractivity contribution in [1.82, 2.24) is 10.2 Å². The lowest BCUT2D eigenvalue weighted by atomic mass is 10.1. The van der Waals surface area contributed by atoms with Crippen molar-refractivity contribution >= 4 is 0 Å². The van der Waals surface area contributed by atoms with E-state index in [1.165, 1.54) is 38.5 Å². The normalized spacial score (nSPS) is 19.2. The Kier molecular flexibility index (Phi) is 10.3. The average molecular weight is 286 g/mol. The number of methoxy groups -OCH3 is 2. The smallest absolute Gasteiger partial charge is 0.0615 e. The highest BCUT2D eigenvalue weighted by Gasteiger charge is 2.15. The van der Waals surface area contributed by atoms with Crippen LogP contribution in [0.25, 0.3) is 0 Å². The lowest BCUT2D eigenvalue weighted by molar-refractivity contribution is 0.0751. The van der Waals surface area contributed by atoms with Gasteiger partial charge in [-0.3, -0.25) is 4.90 Å². The monoisotopic (exact) mass is 286 g/mol. The van der Waals surface area contributed by atoms with E-state index < -0.39 is 0 Å². The molecule has 4 nitrogen and oxygen atoms in total. The van der Waals surface area contributed by atoms with Crippen molar-refractivity contribution in [3.8, 4) is 0 Å². The first-order valence-corrected chi connectivity index (χ1v) is 8.23. The summed E-state index contributed by atoms with van der Waals surface area (Å²) >= 11 is 0. The van der Waals surface area contributed by atoms with Crippen molar-refractivity contribution in [1.29, 1.82) is 0 Å². The molecule has 0 aromatic carbocycles. The maximum atomic E-state index is 5.27. The predicted octanol–water partition coefficient (Wildman–Crippen LogP) is 2.28. The van der Waals surface area contributed by atoms with Crippen molar-refractivity contribution < 1.29 is 9.47 Å². The molecule has 0 heterocycles. The largest absolute Gasteiger partial charge is 0.383 e. The van der Waals surface area contributed by atoms with E-state index in [9.17, 15) is 0 Å². The molecule has 1 fully saturated rings. The highest BCUT2D eigenvalue weighted by Crippen LogP contribution is 2.16. The summed E-state index contributed by atoms with van der Waals surface area (Å²) in [6.07, 6.45) is 8.33. The predicted molar refractivity (Wildman–Crippen MR) is 84.3 cm³/mol. The van der Waals surface area contributed by atoms with Gasteiger partial charge in [0.2, 0.25) is 0 Å². The first-order valence-electron chi connectivity index (χ1n) is 8.23. The van der Waals surface area contributed by atoms with E-state index in [1.807, 2.05) is 0 Å². The maximum Gasteiger partial charge on any atom is 0.0615 e. The van der Waals surface area contributed by atoms with Crippen LogP contribution in [-0.2, 0) is 9.47 Å². The zero-order valence-corrected chi connectivity index (χ0v) is 13.7. The standard InChI is InChI=1S/C16H34N2O2/c1-15(14-20-3)18(12-13-19-2)11-10-17-16-8-6-4-5-7-9-16/h15-17H,4-14H2,1-3H3. The Morgan fingerprint density at radius 1 is 1.05 bits per heavy atom. The summed E-state index contributed by atoms with van der Waals surface area (Å²) in [5.41, 5.74) is 0. The molecule has 1 N–H and O–H groups in total. The second-order valence-corrected chi connectivity index (χ2v) is 5.98. The van der Waals surface area contributed by atoms with Gasteiger partial charge in [0.05, 0.1) is 13.2 Å². The fourth-order valence-electron chi connectivity index (χ4n) is 3.00. The van der Waals surface area contributed by atoms with E-state index >= 15 is 0 Å². The summed E-state index contributed by atoms with van der Waals surface area (Å²) in [7, 11) is 3.54. The van der Waals surface area contributed by atoms with Crippen molar-refractivity contribution in [3.05, 3.63) is 0 Å². The molecule has 4 heteroatoms. The van der Waals surface area contributed by atoms with Gasteiger partial charge in [-0.1, -0.05) is 25.7 Å². The summed E-state index contributed by atoms with van der Waals surface area (Å²) in [6, 6.07) is 1.19. The Labute approximate surface area is 125 Å². The summed E-state index contributed by atoms with van der Waals surface area (Å²) < 4.78 is 10.5. The van der Waals surface area contributed by atoms with Crippen molar-refractivity contribution in [3.63, 3.8) is 0 Å². The zero-order chi connectivity index (χ0) is 14.6. The Balaban J connectivity index is 2.25. The molecule has 1 saturated carbocycles. The molecule has 0 saturated heterocycles. The summed E-state index contributed by atoms with van der Waals surface area (Å²) in [6.45, 7) is 6.93. The summed E-state index contributed by atoms with van der Waals surface area (Å²) in [5.74, 6) is 0. The van der Waals surface area contributed by atoms with Crippen molar-refractivity contribution in [2.75, 3.05) is 47.1 Å². The Hall–Kier alpha value is -0.160. The van der Waals surface area contributed by atoms with E-state index in [-0.39, 0.29) is 0 Å². The van der Waals surface area contributed by atoms with Crippen LogP contribution in [0.3, 0.4) is 0 Å². The van der Waals surface area contributed by atoms with Gasteiger partial charge in [0.25, 0.3) is 0 Å². The first-order chi connectivity index (χ1) is 9.77. The van der Waals surface area contributed by atoms with Crippen LogP contribution in [0.15, 0.2) is 0 Å². The number of rotatable bonds is 10. The minimum absolute atomic E-state index is 0.450. The minimum Gasteiger partial charge on any atom is -0.383 e. The molecule has 0 aromatic heterocycles. The molecule has 0 bridgehead atoms. The zero-order valence-electron chi connectivity index (χ0n) is 13.7. The minimum atomic E-state index is 0.450. The topological polar surface area (TPSA) is 33.7 Å². The van der Waals surface area contributed by atoms with Crippen LogP contribution < -0.4 is 5.32 Å². The van der Waals surface area contributed by atoms with Gasteiger partial charge in [-0.2, -0.15) is 0 Å². The summed E-state index contributed by atoms with van der Waals surface area (Å²) in [5, 5.41) is 3.74. The lowest BCUT2D eigenvalue weighted by Crippen LogP contribution is -2.44. The number of hydrogen-bond acceptors (Lipinski definition) is 4. The third kappa shape index (κ3) is 7.58. The van der Waals surface area contributed by atoms with Gasteiger partial charge in [-0.05, 0) is 19.8 Å². The highest BCUT2D eigenvalue weighted by molar-refractivity contribution is 4.73. The van der Waals surface area contributed by atoms with Gasteiger partial charge in [-0.15, -0.1) is 0 Å². The molecule has 0 spiro atoms. The molecule has 1 aliphatic rings. The maximum absolute atomic E-state index is 5.27. The van der Waals surface area contributed by atoms with Gasteiger partial charge in [0, 0.05) is 45.9 Å². The van der Waals surface area contributed by atoms with Gasteiger partial charge >= 0.3 is 0 Å². The van der Waals surface area contributed by atoms with E-state index in [4.69, 9.17) is 9.47 Å². The van der Waals surface area contributed by atoms with Crippen LogP contribution in [-0.4, -0.2) is 64.1 Å². The number of nitrogens with zero attached hydrogens (tertiary/aromatic N) is 1. The molecule has 0 aliphatic heterocycles. The van der Waals surface area contributed by atoms with E-state index in [1.54, 1.807) is 14.2 Å². The van der Waals surface area contributed by atoms with Crippen LogP contribution in [0.1, 0.15) is 45.4 Å². The molecule has 1 unspecified atom stereocenters. The Morgan fingerprint density at radius 3 is 2.35 bits per heavy atom. The van der Waals surface area contributed by atoms with Gasteiger partial charge in [-0.25, -0.2) is 0 Å². The third-order valence-corrected chi connectivity index (χ3v) is 4.30. The van der Waals surface area contributed by atoms with E-state index in [0.29, 0.717) is 6.04 Å². The molecule has 1 rings (SSSR count). The first kappa shape index (κ1) is 17.9. The number of hydrogen-bond donors (Lipinski definition) is 1. The lowest BCUT2D eigenvalue weighted by Gasteiger charge is -2.29. The average Bonchev–Trinajstić information content (AvgIpc) is 2.71. The molecule has 1 atom stereocenters. The second-order valence-electron chi connectivity index (χ2n) is 5.98. The van der Waals surface area contributed by atoms with Crippen molar-refractivity contribution in [2.24, 2.45) is 0 Å². The molecule has 20 heavy (non-hydrogen) atoms. The van der Waals surface area contributed by atoms with Gasteiger partial charge in [0.15, 0.2) is 0 Å². The van der Waals surface area contributed by atoms with Crippen LogP contribution >= 0.6 is 0 Å². The molecular formula is C16H34N2O2. The van der Waals surface area contributed by atoms with Crippen molar-refractivity contribution in [2.45, 2.75) is 57.5 Å². The fraction of sp³-hybridized carbons (Fsp3) is 1.00. The Bertz CT molecular complexity index is 219. The molecule has 0 aromatic rings. The van der Waals surface area contributed by atoms with Crippen LogP contribution in [0.2, 0.25) is 0 Å². The fourth-order valence-corrected chi connectivity index (χ4v) is 3.00. The SMILES string of the molecule is COCCN(CCNC1CCCCCC1)C(C)COC. The molecular weight excluding hydrogens is 252 g/mol.